The van der Waals surface area contributed by atoms with Crippen molar-refractivity contribution in [3.63, 3.8) is 0 Å². The molecule has 0 radical (unpaired) electrons. The molecule has 0 aliphatic rings. The molecule has 3 rings (SSSR count). The van der Waals surface area contributed by atoms with Crippen LogP contribution in [0.2, 0.25) is 0 Å². The standard InChI is InChI=1S/C20H22N4O3S/c1-26-17-4-3-14(11-18(17)27-2)15(5-8-21)19(25)24-20-23-16(12-28-20)13-6-9-22-10-7-13/h3-4,6-7,9-12,15H,5,8,21H2,1-2H3,(H,23,24,25). The Bertz CT molecular complexity index is 930. The number of hydrogen-bond acceptors (Lipinski definition) is 7. The maximum Gasteiger partial charge on any atom is 0.233 e. The Kier molecular flexibility index (Phi) is 6.57. The molecule has 0 spiro atoms. The van der Waals surface area contributed by atoms with Crippen molar-refractivity contribution in [1.82, 2.24) is 9.97 Å². The molecular formula is C20H22N4O3S. The number of aromatic nitrogens is 2. The number of amides is 1. The Hall–Kier alpha value is -2.97. The lowest BCUT2D eigenvalue weighted by atomic mass is 9.94. The fourth-order valence-corrected chi connectivity index (χ4v) is 3.59. The summed E-state index contributed by atoms with van der Waals surface area (Å²) in [6.45, 7) is 0.382. The van der Waals surface area contributed by atoms with E-state index in [1.54, 1.807) is 32.7 Å². The molecule has 1 amide bonds. The van der Waals surface area contributed by atoms with Gasteiger partial charge in [-0.15, -0.1) is 11.3 Å². The van der Waals surface area contributed by atoms with Gasteiger partial charge in [-0.1, -0.05) is 6.07 Å². The molecule has 0 saturated carbocycles. The van der Waals surface area contributed by atoms with Crippen molar-refractivity contribution in [2.24, 2.45) is 5.73 Å². The van der Waals surface area contributed by atoms with Crippen LogP contribution in [0, 0.1) is 0 Å². The van der Waals surface area contributed by atoms with Crippen LogP contribution in [0.3, 0.4) is 0 Å². The third-order valence-electron chi connectivity index (χ3n) is 4.29. The van der Waals surface area contributed by atoms with Crippen molar-refractivity contribution in [3.05, 3.63) is 53.7 Å². The van der Waals surface area contributed by atoms with Gasteiger partial charge in [0.15, 0.2) is 16.6 Å². The van der Waals surface area contributed by atoms with E-state index >= 15 is 0 Å². The van der Waals surface area contributed by atoms with E-state index in [0.717, 1.165) is 16.8 Å². The minimum absolute atomic E-state index is 0.159. The van der Waals surface area contributed by atoms with Crippen LogP contribution in [0.4, 0.5) is 5.13 Å². The summed E-state index contributed by atoms with van der Waals surface area (Å²) in [6, 6.07) is 9.20. The Morgan fingerprint density at radius 1 is 1.18 bits per heavy atom. The monoisotopic (exact) mass is 398 g/mol. The van der Waals surface area contributed by atoms with Gasteiger partial charge in [-0.3, -0.25) is 9.78 Å². The molecular weight excluding hydrogens is 376 g/mol. The van der Waals surface area contributed by atoms with Gasteiger partial charge in [0.1, 0.15) is 0 Å². The summed E-state index contributed by atoms with van der Waals surface area (Å²) in [5.74, 6) is 0.607. The van der Waals surface area contributed by atoms with Gasteiger partial charge in [0, 0.05) is 23.3 Å². The van der Waals surface area contributed by atoms with Gasteiger partial charge < -0.3 is 20.5 Å². The topological polar surface area (TPSA) is 99.4 Å². The largest absolute Gasteiger partial charge is 0.493 e. The number of nitrogens with two attached hydrogens (primary N) is 1. The van der Waals surface area contributed by atoms with E-state index < -0.39 is 5.92 Å². The first-order chi connectivity index (χ1) is 13.7. The third-order valence-corrected chi connectivity index (χ3v) is 5.05. The van der Waals surface area contributed by atoms with Crippen molar-refractivity contribution < 1.29 is 14.3 Å². The predicted molar refractivity (Wildman–Crippen MR) is 110 cm³/mol. The van der Waals surface area contributed by atoms with Gasteiger partial charge in [-0.2, -0.15) is 0 Å². The molecule has 0 fully saturated rings. The number of ether oxygens (including phenoxy) is 2. The third kappa shape index (κ3) is 4.47. The maximum absolute atomic E-state index is 12.9. The van der Waals surface area contributed by atoms with Crippen LogP contribution < -0.4 is 20.5 Å². The first-order valence-corrected chi connectivity index (χ1v) is 9.63. The summed E-state index contributed by atoms with van der Waals surface area (Å²) in [7, 11) is 3.14. The van der Waals surface area contributed by atoms with Gasteiger partial charge in [0.05, 0.1) is 25.8 Å². The summed E-state index contributed by atoms with van der Waals surface area (Å²) < 4.78 is 10.6. The zero-order valence-electron chi connectivity index (χ0n) is 15.7. The average Bonchev–Trinajstić information content (AvgIpc) is 3.20. The number of carbonyl (C=O) groups is 1. The highest BCUT2D eigenvalue weighted by molar-refractivity contribution is 7.14. The molecule has 2 heterocycles. The van der Waals surface area contributed by atoms with Gasteiger partial charge in [0.2, 0.25) is 5.91 Å². The zero-order valence-corrected chi connectivity index (χ0v) is 16.5. The van der Waals surface area contributed by atoms with Crippen LogP contribution in [-0.4, -0.2) is 36.6 Å². The minimum Gasteiger partial charge on any atom is -0.493 e. The lowest BCUT2D eigenvalue weighted by Gasteiger charge is -2.17. The maximum atomic E-state index is 12.9. The Labute approximate surface area is 167 Å². The molecule has 1 unspecified atom stereocenters. The predicted octanol–water partition coefficient (Wildman–Crippen LogP) is 3.29. The van der Waals surface area contributed by atoms with Gasteiger partial charge >= 0.3 is 0 Å². The highest BCUT2D eigenvalue weighted by atomic mass is 32.1. The molecule has 0 aliphatic heterocycles. The highest BCUT2D eigenvalue weighted by Crippen LogP contribution is 2.33. The van der Waals surface area contributed by atoms with E-state index in [4.69, 9.17) is 15.2 Å². The quantitative estimate of drug-likeness (QED) is 0.604. The van der Waals surface area contributed by atoms with E-state index in [1.165, 1.54) is 11.3 Å². The van der Waals surface area contributed by atoms with Crippen molar-refractivity contribution in [2.45, 2.75) is 12.3 Å². The molecule has 146 valence electrons. The normalized spacial score (nSPS) is 11.7. The summed E-state index contributed by atoms with van der Waals surface area (Å²) >= 11 is 1.38. The number of rotatable bonds is 8. The van der Waals surface area contributed by atoms with Crippen LogP contribution in [0.5, 0.6) is 11.5 Å². The Morgan fingerprint density at radius 2 is 1.93 bits per heavy atom. The smallest absolute Gasteiger partial charge is 0.233 e. The van der Waals surface area contributed by atoms with Gasteiger partial charge in [-0.25, -0.2) is 4.98 Å². The van der Waals surface area contributed by atoms with Crippen molar-refractivity contribution >= 4 is 22.4 Å². The van der Waals surface area contributed by atoms with Crippen LogP contribution in [0.15, 0.2) is 48.1 Å². The molecule has 1 aromatic carbocycles. The Balaban J connectivity index is 1.79. The number of thiazole rings is 1. The summed E-state index contributed by atoms with van der Waals surface area (Å²) in [6.07, 6.45) is 3.92. The number of benzene rings is 1. The second kappa shape index (κ2) is 9.29. The second-order valence-corrected chi connectivity index (χ2v) is 6.87. The molecule has 0 bridgehead atoms. The fourth-order valence-electron chi connectivity index (χ4n) is 2.86. The molecule has 2 aromatic heterocycles. The number of nitrogens with one attached hydrogen (secondary N) is 1. The molecule has 3 aromatic rings. The van der Waals surface area contributed by atoms with E-state index in [0.29, 0.717) is 29.6 Å². The van der Waals surface area contributed by atoms with Crippen molar-refractivity contribution in [2.75, 3.05) is 26.1 Å². The summed E-state index contributed by atoms with van der Waals surface area (Å²) in [5, 5.41) is 5.35. The number of pyridine rings is 1. The minimum atomic E-state index is -0.418. The molecule has 0 aliphatic carbocycles. The summed E-state index contributed by atoms with van der Waals surface area (Å²) in [4.78, 5) is 21.4. The number of carbonyl (C=O) groups excluding carboxylic acids is 1. The average molecular weight is 398 g/mol. The first kappa shape index (κ1) is 19.8. The van der Waals surface area contributed by atoms with E-state index in [2.05, 4.69) is 15.3 Å². The van der Waals surface area contributed by atoms with E-state index in [9.17, 15) is 4.79 Å². The zero-order chi connectivity index (χ0) is 19.9. The summed E-state index contributed by atoms with van der Waals surface area (Å²) in [5.41, 5.74) is 8.31. The van der Waals surface area contributed by atoms with E-state index in [-0.39, 0.29) is 5.91 Å². The molecule has 3 N–H and O–H groups in total. The number of anilines is 1. The number of hydrogen-bond donors (Lipinski definition) is 2. The van der Waals surface area contributed by atoms with Crippen LogP contribution in [0.1, 0.15) is 17.9 Å². The second-order valence-electron chi connectivity index (χ2n) is 6.01. The molecule has 7 nitrogen and oxygen atoms in total. The van der Waals surface area contributed by atoms with Gasteiger partial charge in [-0.05, 0) is 42.8 Å². The molecule has 8 heteroatoms. The number of nitrogens with zero attached hydrogens (tertiary/aromatic N) is 2. The first-order valence-electron chi connectivity index (χ1n) is 8.75. The van der Waals surface area contributed by atoms with Crippen LogP contribution >= 0.6 is 11.3 Å². The lowest BCUT2D eigenvalue weighted by Crippen LogP contribution is -2.23. The van der Waals surface area contributed by atoms with Gasteiger partial charge in [0.25, 0.3) is 0 Å². The van der Waals surface area contributed by atoms with Crippen LogP contribution in [0.25, 0.3) is 11.3 Å². The SMILES string of the molecule is COc1ccc(C(CCN)C(=O)Nc2nc(-c3ccncc3)cs2)cc1OC. The van der Waals surface area contributed by atoms with Crippen molar-refractivity contribution in [1.29, 1.82) is 0 Å². The van der Waals surface area contributed by atoms with Crippen molar-refractivity contribution in [3.8, 4) is 22.8 Å². The molecule has 0 saturated heterocycles. The number of methoxy groups -OCH3 is 2. The molecule has 28 heavy (non-hydrogen) atoms. The fraction of sp³-hybridized carbons (Fsp3) is 0.250. The van der Waals surface area contributed by atoms with Crippen LogP contribution in [-0.2, 0) is 4.79 Å². The van der Waals surface area contributed by atoms with E-state index in [1.807, 2.05) is 29.6 Å². The molecule has 1 atom stereocenters. The highest BCUT2D eigenvalue weighted by Gasteiger charge is 2.22. The Morgan fingerprint density at radius 3 is 2.61 bits per heavy atom. The lowest BCUT2D eigenvalue weighted by molar-refractivity contribution is -0.117.